The third-order valence-corrected chi connectivity index (χ3v) is 5.20. The van der Waals surface area contributed by atoms with Gasteiger partial charge in [-0.15, -0.1) is 0 Å². The summed E-state index contributed by atoms with van der Waals surface area (Å²) in [4.78, 5) is 24.4. The van der Waals surface area contributed by atoms with Crippen LogP contribution in [0.25, 0.3) is 0 Å². The van der Waals surface area contributed by atoms with E-state index in [1.807, 2.05) is 0 Å². The second-order valence-electron chi connectivity index (χ2n) is 7.35. The van der Waals surface area contributed by atoms with Gasteiger partial charge in [0.25, 0.3) is 5.91 Å². The summed E-state index contributed by atoms with van der Waals surface area (Å²) in [5.41, 5.74) is 1.95. The summed E-state index contributed by atoms with van der Waals surface area (Å²) in [7, 11) is 0. The first-order valence-corrected chi connectivity index (χ1v) is 9.71. The molecule has 3 N–H and O–H groups in total. The first kappa shape index (κ1) is 19.9. The molecular formula is C22H26FN3O2. The smallest absolute Gasteiger partial charge is 0.319 e. The monoisotopic (exact) mass is 383 g/mol. The van der Waals surface area contributed by atoms with Crippen molar-refractivity contribution in [1.82, 2.24) is 10.6 Å². The Morgan fingerprint density at radius 2 is 1.68 bits per heavy atom. The molecule has 0 bridgehead atoms. The molecule has 3 amide bonds. The molecule has 5 nitrogen and oxygen atoms in total. The Kier molecular flexibility index (Phi) is 6.63. The molecule has 148 valence electrons. The highest BCUT2D eigenvalue weighted by molar-refractivity contribution is 5.95. The molecule has 1 aliphatic carbocycles. The fourth-order valence-corrected chi connectivity index (χ4v) is 3.46. The largest absolute Gasteiger partial charge is 0.348 e. The van der Waals surface area contributed by atoms with E-state index in [9.17, 15) is 14.0 Å². The molecule has 28 heavy (non-hydrogen) atoms. The lowest BCUT2D eigenvalue weighted by atomic mass is 9.86. The van der Waals surface area contributed by atoms with E-state index in [0.717, 1.165) is 24.8 Å². The number of amides is 3. The Balaban J connectivity index is 1.49. The summed E-state index contributed by atoms with van der Waals surface area (Å²) < 4.78 is 12.9. The lowest BCUT2D eigenvalue weighted by Crippen LogP contribution is -2.43. The van der Waals surface area contributed by atoms with Crippen LogP contribution in [0.3, 0.4) is 0 Å². The molecular weight excluding hydrogens is 357 g/mol. The Morgan fingerprint density at radius 3 is 2.36 bits per heavy atom. The van der Waals surface area contributed by atoms with Gasteiger partial charge in [-0.05, 0) is 60.7 Å². The molecule has 1 saturated carbocycles. The van der Waals surface area contributed by atoms with Gasteiger partial charge in [0.15, 0.2) is 0 Å². The normalized spacial score (nSPS) is 18.9. The van der Waals surface area contributed by atoms with Crippen molar-refractivity contribution < 1.29 is 14.0 Å². The van der Waals surface area contributed by atoms with Crippen molar-refractivity contribution >= 4 is 17.6 Å². The predicted octanol–water partition coefficient (Wildman–Crippen LogP) is 4.46. The summed E-state index contributed by atoms with van der Waals surface area (Å²) in [5, 5.41) is 8.66. The topological polar surface area (TPSA) is 70.2 Å². The second kappa shape index (κ2) is 9.35. The number of urea groups is 1. The summed E-state index contributed by atoms with van der Waals surface area (Å²) >= 11 is 0. The van der Waals surface area contributed by atoms with E-state index in [2.05, 4.69) is 22.9 Å². The Labute approximate surface area is 164 Å². The second-order valence-corrected chi connectivity index (χ2v) is 7.35. The summed E-state index contributed by atoms with van der Waals surface area (Å²) in [6.45, 7) is 2.49. The van der Waals surface area contributed by atoms with Crippen molar-refractivity contribution in [2.45, 2.75) is 45.2 Å². The van der Waals surface area contributed by atoms with Gasteiger partial charge in [-0.25, -0.2) is 9.18 Å². The lowest BCUT2D eigenvalue weighted by molar-refractivity contribution is 0.0951. The van der Waals surface area contributed by atoms with E-state index in [1.165, 1.54) is 18.6 Å². The Bertz CT molecular complexity index is 806. The third-order valence-electron chi connectivity index (χ3n) is 5.20. The molecule has 2 atom stereocenters. The molecule has 0 aliphatic heterocycles. The van der Waals surface area contributed by atoms with Crippen LogP contribution in [0.5, 0.6) is 0 Å². The number of hydrogen-bond donors (Lipinski definition) is 3. The zero-order valence-electron chi connectivity index (χ0n) is 16.0. The van der Waals surface area contributed by atoms with Crippen molar-refractivity contribution in [2.24, 2.45) is 5.92 Å². The van der Waals surface area contributed by atoms with Crippen LogP contribution in [0.15, 0.2) is 48.5 Å². The third kappa shape index (κ3) is 5.55. The van der Waals surface area contributed by atoms with Crippen molar-refractivity contribution in [3.8, 4) is 0 Å². The molecule has 0 spiro atoms. The minimum absolute atomic E-state index is 0.213. The molecule has 0 heterocycles. The molecule has 6 heteroatoms. The Morgan fingerprint density at radius 1 is 1.00 bits per heavy atom. The number of benzene rings is 2. The molecule has 1 aliphatic rings. The van der Waals surface area contributed by atoms with E-state index in [-0.39, 0.29) is 23.8 Å². The van der Waals surface area contributed by atoms with Gasteiger partial charge in [-0.3, -0.25) is 4.79 Å². The van der Waals surface area contributed by atoms with Gasteiger partial charge < -0.3 is 16.0 Å². The number of nitrogens with one attached hydrogen (secondary N) is 3. The first-order chi connectivity index (χ1) is 13.5. The number of hydrogen-bond acceptors (Lipinski definition) is 2. The van der Waals surface area contributed by atoms with Gasteiger partial charge in [0.05, 0.1) is 0 Å². The minimum Gasteiger partial charge on any atom is -0.348 e. The molecule has 0 radical (unpaired) electrons. The van der Waals surface area contributed by atoms with Gasteiger partial charge in [0.1, 0.15) is 5.82 Å². The molecule has 0 saturated heterocycles. The molecule has 0 aromatic heterocycles. The maximum atomic E-state index is 12.9. The Hall–Kier alpha value is -2.89. The van der Waals surface area contributed by atoms with Crippen LogP contribution in [-0.4, -0.2) is 18.0 Å². The molecule has 3 rings (SSSR count). The van der Waals surface area contributed by atoms with E-state index >= 15 is 0 Å². The van der Waals surface area contributed by atoms with Gasteiger partial charge in [-0.1, -0.05) is 31.9 Å². The van der Waals surface area contributed by atoms with Crippen molar-refractivity contribution in [3.63, 3.8) is 0 Å². The van der Waals surface area contributed by atoms with Crippen molar-refractivity contribution in [1.29, 1.82) is 0 Å². The number of halogens is 1. The predicted molar refractivity (Wildman–Crippen MR) is 108 cm³/mol. The van der Waals surface area contributed by atoms with E-state index < -0.39 is 0 Å². The highest BCUT2D eigenvalue weighted by Gasteiger charge is 2.22. The maximum Gasteiger partial charge on any atom is 0.319 e. The zero-order valence-corrected chi connectivity index (χ0v) is 16.0. The standard InChI is InChI=1S/C22H26FN3O2/c1-15-4-2-3-5-20(15)26-22(28)25-19-12-8-17(9-13-19)21(27)24-14-16-6-10-18(23)11-7-16/h6-13,15,20H,2-5,14H2,1H3,(H,24,27)(H2,25,26,28). The number of carbonyl (C=O) groups is 2. The van der Waals surface area contributed by atoms with E-state index in [0.29, 0.717) is 23.7 Å². The van der Waals surface area contributed by atoms with Crippen LogP contribution in [0, 0.1) is 11.7 Å². The lowest BCUT2D eigenvalue weighted by Gasteiger charge is -2.29. The molecule has 2 unspecified atom stereocenters. The van der Waals surface area contributed by atoms with Gasteiger partial charge in [0, 0.05) is 23.8 Å². The van der Waals surface area contributed by atoms with Crippen LogP contribution in [0.1, 0.15) is 48.5 Å². The fraction of sp³-hybridized carbons (Fsp3) is 0.364. The fourth-order valence-electron chi connectivity index (χ4n) is 3.46. The summed E-state index contributed by atoms with van der Waals surface area (Å²) in [5.74, 6) is -0.0387. The van der Waals surface area contributed by atoms with Crippen LogP contribution in [0.2, 0.25) is 0 Å². The average molecular weight is 383 g/mol. The SMILES string of the molecule is CC1CCCCC1NC(=O)Nc1ccc(C(=O)NCc2ccc(F)cc2)cc1. The van der Waals surface area contributed by atoms with Crippen LogP contribution >= 0.6 is 0 Å². The van der Waals surface area contributed by atoms with Crippen molar-refractivity contribution in [3.05, 3.63) is 65.5 Å². The summed E-state index contributed by atoms with van der Waals surface area (Å²) in [6.07, 6.45) is 4.54. The molecule has 2 aromatic carbocycles. The molecule has 2 aromatic rings. The van der Waals surface area contributed by atoms with Crippen LogP contribution in [0.4, 0.5) is 14.9 Å². The number of rotatable bonds is 5. The molecule has 1 fully saturated rings. The summed E-state index contributed by atoms with van der Waals surface area (Å²) in [6, 6.07) is 12.7. The van der Waals surface area contributed by atoms with Gasteiger partial charge in [0.2, 0.25) is 0 Å². The quantitative estimate of drug-likeness (QED) is 0.714. The number of anilines is 1. The minimum atomic E-state index is -0.305. The zero-order chi connectivity index (χ0) is 19.9. The number of carbonyl (C=O) groups excluding carboxylic acids is 2. The van der Waals surface area contributed by atoms with E-state index in [1.54, 1.807) is 36.4 Å². The van der Waals surface area contributed by atoms with Crippen LogP contribution in [-0.2, 0) is 6.54 Å². The van der Waals surface area contributed by atoms with Crippen molar-refractivity contribution in [2.75, 3.05) is 5.32 Å². The van der Waals surface area contributed by atoms with Gasteiger partial charge in [-0.2, -0.15) is 0 Å². The average Bonchev–Trinajstić information content (AvgIpc) is 2.69. The highest BCUT2D eigenvalue weighted by Crippen LogP contribution is 2.23. The maximum absolute atomic E-state index is 12.9. The van der Waals surface area contributed by atoms with Gasteiger partial charge >= 0.3 is 6.03 Å². The van der Waals surface area contributed by atoms with Crippen LogP contribution < -0.4 is 16.0 Å². The first-order valence-electron chi connectivity index (χ1n) is 9.71. The highest BCUT2D eigenvalue weighted by atomic mass is 19.1. The van der Waals surface area contributed by atoms with E-state index in [4.69, 9.17) is 0 Å².